The maximum Gasteiger partial charge on any atom is -0.00922 e. The summed E-state index contributed by atoms with van der Waals surface area (Å²) in [4.78, 5) is 0. The Labute approximate surface area is 193 Å². The van der Waals surface area contributed by atoms with Crippen molar-refractivity contribution in [1.82, 2.24) is 0 Å². The molecule has 0 N–H and O–H groups in total. The van der Waals surface area contributed by atoms with Gasteiger partial charge in [0.2, 0.25) is 0 Å². The molecule has 0 heterocycles. The van der Waals surface area contributed by atoms with Crippen molar-refractivity contribution >= 4 is 0 Å². The van der Waals surface area contributed by atoms with Crippen molar-refractivity contribution in [3.8, 4) is 0 Å². The molecule has 4 rings (SSSR count). The molecule has 0 aromatic carbocycles. The normalized spacial score (nSPS) is 34.6. The van der Waals surface area contributed by atoms with Gasteiger partial charge in [-0.25, -0.2) is 0 Å². The molecule has 0 spiro atoms. The van der Waals surface area contributed by atoms with E-state index in [2.05, 4.69) is 93.5 Å². The molecule has 0 saturated heterocycles. The number of hydrogen-bond donors (Lipinski definition) is 0. The van der Waals surface area contributed by atoms with Crippen LogP contribution in [0, 0.1) is 51.8 Å². The van der Waals surface area contributed by atoms with Crippen molar-refractivity contribution in [2.45, 2.75) is 94.9 Å². The first-order valence-corrected chi connectivity index (χ1v) is 13.0. The van der Waals surface area contributed by atoms with Crippen LogP contribution in [0.25, 0.3) is 0 Å². The summed E-state index contributed by atoms with van der Waals surface area (Å²) in [6, 6.07) is 0. The molecule has 0 aliphatic heterocycles. The quantitative estimate of drug-likeness (QED) is 0.417. The van der Waals surface area contributed by atoms with Crippen LogP contribution in [0.5, 0.6) is 0 Å². The minimum atomic E-state index is 0.219. The van der Waals surface area contributed by atoms with E-state index in [9.17, 15) is 0 Å². The third kappa shape index (κ3) is 3.85. The lowest BCUT2D eigenvalue weighted by atomic mass is 9.60. The van der Waals surface area contributed by atoms with Crippen molar-refractivity contribution in [3.05, 3.63) is 46.6 Å². The van der Waals surface area contributed by atoms with E-state index in [1.807, 2.05) is 0 Å². The Balaban J connectivity index is 1.84. The van der Waals surface area contributed by atoms with Crippen molar-refractivity contribution in [2.75, 3.05) is 0 Å². The summed E-state index contributed by atoms with van der Waals surface area (Å²) in [7, 11) is 0. The monoisotopic (exact) mass is 420 g/mol. The standard InChI is InChI=1S/C31H48/c1-19-15-24-22(17-26(19)29(3,4)5)23-18-27(30(6,7)8)20(2)16-25(23)28(24)31(9,10)21-13-11-12-14-21/h15-18,21-25,28H,11-14H2,1-10H3. The molecule has 4 aliphatic rings. The van der Waals surface area contributed by atoms with Gasteiger partial charge in [-0.05, 0) is 89.6 Å². The number of allylic oxidation sites excluding steroid dienone is 8. The van der Waals surface area contributed by atoms with E-state index >= 15 is 0 Å². The highest BCUT2D eigenvalue weighted by atomic mass is 14.6. The van der Waals surface area contributed by atoms with Gasteiger partial charge in [0.05, 0.1) is 0 Å². The molecule has 0 nitrogen and oxygen atoms in total. The molecule has 0 amide bonds. The Kier molecular flexibility index (Phi) is 5.59. The molecule has 4 unspecified atom stereocenters. The van der Waals surface area contributed by atoms with Gasteiger partial charge in [0.1, 0.15) is 0 Å². The summed E-state index contributed by atoms with van der Waals surface area (Å²) in [5.41, 5.74) is 7.09. The molecule has 2 fully saturated rings. The first-order valence-electron chi connectivity index (χ1n) is 13.0. The highest BCUT2D eigenvalue weighted by molar-refractivity contribution is 5.45. The first-order chi connectivity index (χ1) is 14.2. The van der Waals surface area contributed by atoms with Crippen LogP contribution in [0.15, 0.2) is 46.6 Å². The van der Waals surface area contributed by atoms with E-state index in [4.69, 9.17) is 0 Å². The van der Waals surface area contributed by atoms with Gasteiger partial charge in [0.15, 0.2) is 0 Å². The highest BCUT2D eigenvalue weighted by Gasteiger charge is 2.56. The summed E-state index contributed by atoms with van der Waals surface area (Å²) in [6.07, 6.45) is 16.7. The van der Waals surface area contributed by atoms with E-state index in [1.54, 1.807) is 22.3 Å². The van der Waals surface area contributed by atoms with Crippen LogP contribution in [0.4, 0.5) is 0 Å². The van der Waals surface area contributed by atoms with Crippen molar-refractivity contribution in [1.29, 1.82) is 0 Å². The van der Waals surface area contributed by atoms with Gasteiger partial charge in [0.25, 0.3) is 0 Å². The summed E-state index contributed by atoms with van der Waals surface area (Å²) in [6.45, 7) is 24.4. The van der Waals surface area contributed by atoms with Crippen molar-refractivity contribution < 1.29 is 0 Å². The predicted octanol–water partition coefficient (Wildman–Crippen LogP) is 9.16. The lowest BCUT2D eigenvalue weighted by Crippen LogP contribution is -2.38. The van der Waals surface area contributed by atoms with Crippen LogP contribution in [0.3, 0.4) is 0 Å². The first kappa shape index (κ1) is 23.1. The van der Waals surface area contributed by atoms with Gasteiger partial charge < -0.3 is 0 Å². The summed E-state index contributed by atoms with van der Waals surface area (Å²) < 4.78 is 0. The van der Waals surface area contributed by atoms with E-state index in [0.717, 1.165) is 11.8 Å². The number of rotatable bonds is 2. The van der Waals surface area contributed by atoms with Gasteiger partial charge in [-0.15, -0.1) is 0 Å². The molecule has 0 heteroatoms. The van der Waals surface area contributed by atoms with E-state index in [0.29, 0.717) is 29.1 Å². The van der Waals surface area contributed by atoms with E-state index < -0.39 is 0 Å². The minimum absolute atomic E-state index is 0.219. The third-order valence-electron chi connectivity index (χ3n) is 9.50. The Bertz CT molecular complexity index is 777. The second-order valence-corrected chi connectivity index (χ2v) is 14.0. The van der Waals surface area contributed by atoms with Crippen molar-refractivity contribution in [3.63, 3.8) is 0 Å². The van der Waals surface area contributed by atoms with Crippen LogP contribution in [0.2, 0.25) is 0 Å². The predicted molar refractivity (Wildman–Crippen MR) is 136 cm³/mol. The molecular weight excluding hydrogens is 372 g/mol. The highest BCUT2D eigenvalue weighted by Crippen LogP contribution is 2.63. The zero-order valence-electron chi connectivity index (χ0n) is 22.1. The Morgan fingerprint density at radius 3 is 1.32 bits per heavy atom. The topological polar surface area (TPSA) is 0 Å². The largest absolute Gasteiger partial charge is 0.0773 e. The molecule has 4 atom stereocenters. The second kappa shape index (κ2) is 7.50. The van der Waals surface area contributed by atoms with Gasteiger partial charge in [0, 0.05) is 0 Å². The molecule has 0 radical (unpaired) electrons. The van der Waals surface area contributed by atoms with Crippen LogP contribution in [-0.4, -0.2) is 0 Å². The molecule has 31 heavy (non-hydrogen) atoms. The molecule has 4 aliphatic carbocycles. The van der Waals surface area contributed by atoms with Crippen molar-refractivity contribution in [2.24, 2.45) is 51.8 Å². The molecule has 0 bridgehead atoms. The lowest BCUT2D eigenvalue weighted by Gasteiger charge is -2.44. The fourth-order valence-corrected chi connectivity index (χ4v) is 8.14. The zero-order chi connectivity index (χ0) is 22.9. The molecule has 172 valence electrons. The maximum absolute atomic E-state index is 2.73. The van der Waals surface area contributed by atoms with Crippen LogP contribution >= 0.6 is 0 Å². The van der Waals surface area contributed by atoms with Gasteiger partial charge >= 0.3 is 0 Å². The molecular formula is C31H48. The summed E-state index contributed by atoms with van der Waals surface area (Å²) in [5, 5.41) is 0. The SMILES string of the molecule is CC1=CC2C(C=C1C(C)(C)C)C1C=C(C(C)(C)C)C(C)=CC1C2C(C)(C)C1CCCC1. The third-order valence-corrected chi connectivity index (χ3v) is 9.50. The molecule has 0 aromatic rings. The average molecular weight is 421 g/mol. The van der Waals surface area contributed by atoms with E-state index in [1.165, 1.54) is 25.7 Å². The maximum atomic E-state index is 2.73. The zero-order valence-corrected chi connectivity index (χ0v) is 22.1. The number of fused-ring (bicyclic) bond motifs is 3. The minimum Gasteiger partial charge on any atom is -0.0773 e. The van der Waals surface area contributed by atoms with Crippen LogP contribution < -0.4 is 0 Å². The van der Waals surface area contributed by atoms with E-state index in [-0.39, 0.29) is 10.8 Å². The number of hydrogen-bond acceptors (Lipinski definition) is 0. The Hall–Kier alpha value is -1.04. The van der Waals surface area contributed by atoms with Gasteiger partial charge in [-0.1, -0.05) is 104 Å². The fraction of sp³-hybridized carbons (Fsp3) is 0.742. The lowest BCUT2D eigenvalue weighted by molar-refractivity contribution is 0.0743. The smallest absolute Gasteiger partial charge is 0.00922 e. The van der Waals surface area contributed by atoms with Crippen LogP contribution in [-0.2, 0) is 0 Å². The fourth-order valence-electron chi connectivity index (χ4n) is 8.14. The van der Waals surface area contributed by atoms with Gasteiger partial charge in [-0.2, -0.15) is 0 Å². The summed E-state index contributed by atoms with van der Waals surface area (Å²) >= 11 is 0. The van der Waals surface area contributed by atoms with Gasteiger partial charge in [-0.3, -0.25) is 0 Å². The second-order valence-electron chi connectivity index (χ2n) is 14.0. The Morgan fingerprint density at radius 2 is 0.968 bits per heavy atom. The summed E-state index contributed by atoms with van der Waals surface area (Å²) in [5.74, 6) is 4.28. The average Bonchev–Trinajstić information content (AvgIpc) is 3.24. The molecule has 2 saturated carbocycles. The molecule has 0 aromatic heterocycles. The Morgan fingerprint density at radius 1 is 0.581 bits per heavy atom. The van der Waals surface area contributed by atoms with Crippen LogP contribution in [0.1, 0.15) is 94.9 Å².